The summed E-state index contributed by atoms with van der Waals surface area (Å²) in [5.74, 6) is 0.936. The van der Waals surface area contributed by atoms with E-state index in [0.29, 0.717) is 17.6 Å². The molecule has 0 bridgehead atoms. The average molecular weight is 252 g/mol. The third kappa shape index (κ3) is 3.02. The van der Waals surface area contributed by atoms with Gasteiger partial charge < -0.3 is 10.1 Å². The standard InChI is InChI=1S/C14H18ClNO/c1-10(15)9-16-14-5-3-4-11-8-12(17-2)6-7-13(11)14/h6-8,14,16H,1,3-5,9H2,2H3. The fourth-order valence-electron chi connectivity index (χ4n) is 2.36. The number of aryl methyl sites for hydroxylation is 1. The highest BCUT2D eigenvalue weighted by Crippen LogP contribution is 2.32. The van der Waals surface area contributed by atoms with Crippen molar-refractivity contribution in [3.8, 4) is 5.75 Å². The Bertz CT molecular complexity index is 417. The number of fused-ring (bicyclic) bond motifs is 1. The first-order valence-electron chi connectivity index (χ1n) is 5.94. The first-order valence-corrected chi connectivity index (χ1v) is 6.32. The fraction of sp³-hybridized carbons (Fsp3) is 0.429. The van der Waals surface area contributed by atoms with Gasteiger partial charge in [0, 0.05) is 17.6 Å². The molecule has 2 nitrogen and oxygen atoms in total. The first-order chi connectivity index (χ1) is 8.20. The second-order valence-electron chi connectivity index (χ2n) is 4.41. The van der Waals surface area contributed by atoms with E-state index in [1.807, 2.05) is 6.07 Å². The van der Waals surface area contributed by atoms with Gasteiger partial charge in [0.15, 0.2) is 0 Å². The van der Waals surface area contributed by atoms with Crippen LogP contribution in [0.2, 0.25) is 0 Å². The van der Waals surface area contributed by atoms with Crippen LogP contribution in [0.5, 0.6) is 5.75 Å². The molecule has 1 aromatic rings. The maximum Gasteiger partial charge on any atom is 0.119 e. The molecular formula is C14H18ClNO. The van der Waals surface area contributed by atoms with Crippen LogP contribution in [0.1, 0.15) is 30.0 Å². The molecular weight excluding hydrogens is 234 g/mol. The van der Waals surface area contributed by atoms with Crippen LogP contribution in [0, 0.1) is 0 Å². The smallest absolute Gasteiger partial charge is 0.119 e. The van der Waals surface area contributed by atoms with Crippen molar-refractivity contribution >= 4 is 11.6 Å². The van der Waals surface area contributed by atoms with Crippen molar-refractivity contribution in [2.75, 3.05) is 13.7 Å². The topological polar surface area (TPSA) is 21.3 Å². The Balaban J connectivity index is 2.16. The summed E-state index contributed by atoms with van der Waals surface area (Å²) in [6.07, 6.45) is 3.49. The zero-order valence-electron chi connectivity index (χ0n) is 10.1. The fourth-order valence-corrected chi connectivity index (χ4v) is 2.44. The van der Waals surface area contributed by atoms with Crippen LogP contribution in [0.25, 0.3) is 0 Å². The van der Waals surface area contributed by atoms with Crippen LogP contribution >= 0.6 is 11.6 Å². The number of methoxy groups -OCH3 is 1. The van der Waals surface area contributed by atoms with Crippen LogP contribution in [-0.4, -0.2) is 13.7 Å². The Kier molecular flexibility index (Phi) is 4.08. The lowest BCUT2D eigenvalue weighted by Gasteiger charge is -2.26. The van der Waals surface area contributed by atoms with Gasteiger partial charge in [-0.15, -0.1) is 0 Å². The Morgan fingerprint density at radius 3 is 3.12 bits per heavy atom. The van der Waals surface area contributed by atoms with Gasteiger partial charge in [0.2, 0.25) is 0 Å². The molecule has 0 aliphatic heterocycles. The monoisotopic (exact) mass is 251 g/mol. The molecule has 1 aliphatic rings. The SMILES string of the molecule is C=C(Cl)CNC1CCCc2cc(OC)ccc21. The lowest BCUT2D eigenvalue weighted by atomic mass is 9.87. The van der Waals surface area contributed by atoms with Gasteiger partial charge in [-0.2, -0.15) is 0 Å². The van der Waals surface area contributed by atoms with Crippen LogP contribution in [0.4, 0.5) is 0 Å². The highest BCUT2D eigenvalue weighted by atomic mass is 35.5. The van der Waals surface area contributed by atoms with Crippen LogP contribution in [-0.2, 0) is 6.42 Å². The van der Waals surface area contributed by atoms with E-state index in [9.17, 15) is 0 Å². The van der Waals surface area contributed by atoms with Crippen molar-refractivity contribution in [3.63, 3.8) is 0 Å². The maximum atomic E-state index is 5.79. The molecule has 1 aliphatic carbocycles. The summed E-state index contributed by atoms with van der Waals surface area (Å²) in [5, 5.41) is 4.10. The third-order valence-electron chi connectivity index (χ3n) is 3.20. The van der Waals surface area contributed by atoms with Gasteiger partial charge in [0.25, 0.3) is 0 Å². The summed E-state index contributed by atoms with van der Waals surface area (Å²) in [5.41, 5.74) is 2.75. The number of rotatable bonds is 4. The van der Waals surface area contributed by atoms with E-state index >= 15 is 0 Å². The molecule has 0 aromatic heterocycles. The maximum absolute atomic E-state index is 5.79. The third-order valence-corrected chi connectivity index (χ3v) is 3.34. The van der Waals surface area contributed by atoms with Gasteiger partial charge in [-0.25, -0.2) is 0 Å². The highest BCUT2D eigenvalue weighted by molar-refractivity contribution is 6.29. The summed E-state index contributed by atoms with van der Waals surface area (Å²) in [6.45, 7) is 4.37. The molecule has 0 saturated heterocycles. The van der Waals surface area contributed by atoms with Gasteiger partial charge in [0.05, 0.1) is 7.11 Å². The zero-order valence-corrected chi connectivity index (χ0v) is 10.9. The van der Waals surface area contributed by atoms with E-state index < -0.39 is 0 Å². The van der Waals surface area contributed by atoms with Crippen molar-refractivity contribution in [3.05, 3.63) is 40.9 Å². The van der Waals surface area contributed by atoms with E-state index in [0.717, 1.165) is 18.6 Å². The van der Waals surface area contributed by atoms with E-state index in [-0.39, 0.29) is 0 Å². The Hall–Kier alpha value is -0.990. The molecule has 3 heteroatoms. The van der Waals surface area contributed by atoms with E-state index in [1.165, 1.54) is 17.5 Å². The molecule has 0 heterocycles. The van der Waals surface area contributed by atoms with Crippen molar-refractivity contribution in [2.45, 2.75) is 25.3 Å². The molecule has 0 saturated carbocycles. The number of hydrogen-bond acceptors (Lipinski definition) is 2. The minimum absolute atomic E-state index is 0.389. The number of benzene rings is 1. The van der Waals surface area contributed by atoms with Crippen LogP contribution in [0.15, 0.2) is 29.8 Å². The van der Waals surface area contributed by atoms with Crippen molar-refractivity contribution < 1.29 is 4.74 Å². The number of ether oxygens (including phenoxy) is 1. The summed E-state index contributed by atoms with van der Waals surface area (Å²) in [6, 6.07) is 6.70. The van der Waals surface area contributed by atoms with E-state index in [2.05, 4.69) is 24.0 Å². The molecule has 0 spiro atoms. The molecule has 1 atom stereocenters. The Morgan fingerprint density at radius 2 is 2.41 bits per heavy atom. The quantitative estimate of drug-likeness (QED) is 0.886. The predicted molar refractivity (Wildman–Crippen MR) is 71.7 cm³/mol. The molecule has 1 N–H and O–H groups in total. The summed E-state index contributed by atoms with van der Waals surface area (Å²) in [4.78, 5) is 0. The number of halogens is 1. The first kappa shape index (κ1) is 12.5. The normalized spacial score (nSPS) is 18.6. The molecule has 0 amide bonds. The van der Waals surface area contributed by atoms with Crippen LogP contribution < -0.4 is 10.1 Å². The summed E-state index contributed by atoms with van der Waals surface area (Å²) < 4.78 is 5.26. The number of nitrogens with one attached hydrogen (secondary N) is 1. The minimum Gasteiger partial charge on any atom is -0.497 e. The van der Waals surface area contributed by atoms with Gasteiger partial charge in [-0.1, -0.05) is 24.2 Å². The van der Waals surface area contributed by atoms with Crippen molar-refractivity contribution in [2.24, 2.45) is 0 Å². The van der Waals surface area contributed by atoms with E-state index in [4.69, 9.17) is 16.3 Å². The molecule has 0 fully saturated rings. The van der Waals surface area contributed by atoms with Gasteiger partial charge >= 0.3 is 0 Å². The highest BCUT2D eigenvalue weighted by Gasteiger charge is 2.19. The Morgan fingerprint density at radius 1 is 1.59 bits per heavy atom. The second kappa shape index (κ2) is 5.56. The van der Waals surface area contributed by atoms with Gasteiger partial charge in [-0.05, 0) is 42.5 Å². The molecule has 1 unspecified atom stereocenters. The Labute approximate surface area is 108 Å². The largest absolute Gasteiger partial charge is 0.497 e. The molecule has 2 rings (SSSR count). The second-order valence-corrected chi connectivity index (χ2v) is 4.94. The number of hydrogen-bond donors (Lipinski definition) is 1. The van der Waals surface area contributed by atoms with Crippen molar-refractivity contribution in [1.29, 1.82) is 0 Å². The van der Waals surface area contributed by atoms with E-state index in [1.54, 1.807) is 7.11 Å². The minimum atomic E-state index is 0.389. The molecule has 17 heavy (non-hydrogen) atoms. The lowest BCUT2D eigenvalue weighted by molar-refractivity contribution is 0.411. The van der Waals surface area contributed by atoms with Crippen molar-refractivity contribution in [1.82, 2.24) is 5.32 Å². The average Bonchev–Trinajstić information content (AvgIpc) is 2.35. The van der Waals surface area contributed by atoms with Crippen LogP contribution in [0.3, 0.4) is 0 Å². The lowest BCUT2D eigenvalue weighted by Crippen LogP contribution is -2.26. The van der Waals surface area contributed by atoms with Gasteiger partial charge in [-0.3, -0.25) is 0 Å². The zero-order chi connectivity index (χ0) is 12.3. The molecule has 92 valence electrons. The van der Waals surface area contributed by atoms with Gasteiger partial charge in [0.1, 0.15) is 5.75 Å². The predicted octanol–water partition coefficient (Wildman–Crippen LogP) is 3.41. The summed E-state index contributed by atoms with van der Waals surface area (Å²) in [7, 11) is 1.71. The molecule has 0 radical (unpaired) electrons. The summed E-state index contributed by atoms with van der Waals surface area (Å²) >= 11 is 5.79. The molecule has 1 aromatic carbocycles.